The fourth-order valence-electron chi connectivity index (χ4n) is 4.31. The molecule has 1 fully saturated rings. The van der Waals surface area contributed by atoms with Crippen molar-refractivity contribution >= 4 is 17.8 Å². The minimum atomic E-state index is -0.774. The molecule has 0 aliphatic carbocycles. The summed E-state index contributed by atoms with van der Waals surface area (Å²) < 4.78 is 18.6. The molecule has 1 saturated heterocycles. The Morgan fingerprint density at radius 3 is 2.74 bits per heavy atom. The number of ether oxygens (including phenoxy) is 3. The fraction of sp³-hybridized carbons (Fsp3) is 0.423. The number of benzene rings is 1. The molecule has 1 N–H and O–H groups in total. The van der Waals surface area contributed by atoms with E-state index in [1.54, 1.807) is 23.3 Å². The average Bonchev–Trinajstić information content (AvgIpc) is 3.51. The first-order valence-electron chi connectivity index (χ1n) is 12.7. The van der Waals surface area contributed by atoms with E-state index >= 15 is 0 Å². The monoisotopic (exact) mass is 521 g/mol. The van der Waals surface area contributed by atoms with E-state index < -0.39 is 12.1 Å². The number of aromatic nitrogens is 4. The summed E-state index contributed by atoms with van der Waals surface area (Å²) in [6, 6.07) is 6.63. The lowest BCUT2D eigenvalue weighted by Crippen LogP contribution is -2.61. The second-order valence-electron chi connectivity index (χ2n) is 9.16. The first kappa shape index (κ1) is 25.3. The molecule has 12 nitrogen and oxygen atoms in total. The highest BCUT2D eigenvalue weighted by Crippen LogP contribution is 2.30. The zero-order valence-electron chi connectivity index (χ0n) is 21.4. The fourth-order valence-corrected chi connectivity index (χ4v) is 4.31. The predicted octanol–water partition coefficient (Wildman–Crippen LogP) is 2.18. The summed E-state index contributed by atoms with van der Waals surface area (Å²) in [5.41, 5.74) is 0.866. The standard InChI is InChI=1S/C26H31N7O5/c1-3-18(2)38-26(35)33-9-8-31(23-13-24(30-16-29-23)32-7-6-27-17-32)15-20(33)25(34)28-14-19-4-5-21-22(12-19)37-11-10-36-21/h4-7,12-13,16-18,20H,3,8-11,14-15H2,1-2H3,(H,28,34). The summed E-state index contributed by atoms with van der Waals surface area (Å²) in [5.74, 6) is 2.37. The lowest BCUT2D eigenvalue weighted by atomic mass is 10.1. The van der Waals surface area contributed by atoms with Gasteiger partial charge < -0.3 is 24.4 Å². The summed E-state index contributed by atoms with van der Waals surface area (Å²) >= 11 is 0. The first-order chi connectivity index (χ1) is 18.5. The van der Waals surface area contributed by atoms with Gasteiger partial charge in [-0.05, 0) is 31.0 Å². The SMILES string of the molecule is CCC(C)OC(=O)N1CCN(c2cc(-n3ccnc3)ncn2)CC1C(=O)NCc1ccc2c(c1)OCCO2. The van der Waals surface area contributed by atoms with Crippen molar-refractivity contribution in [2.24, 2.45) is 0 Å². The first-order valence-corrected chi connectivity index (χ1v) is 12.7. The van der Waals surface area contributed by atoms with Crippen LogP contribution in [0.4, 0.5) is 10.6 Å². The summed E-state index contributed by atoms with van der Waals surface area (Å²) in [6.07, 6.45) is 6.54. The smallest absolute Gasteiger partial charge is 0.410 e. The number of fused-ring (bicyclic) bond motifs is 1. The molecule has 2 aromatic heterocycles. The van der Waals surface area contributed by atoms with Crippen molar-refractivity contribution in [2.75, 3.05) is 37.7 Å². The Bertz CT molecular complexity index is 1270. The van der Waals surface area contributed by atoms with Gasteiger partial charge in [-0.1, -0.05) is 13.0 Å². The van der Waals surface area contributed by atoms with Gasteiger partial charge in [-0.25, -0.2) is 19.7 Å². The molecule has 0 saturated carbocycles. The summed E-state index contributed by atoms with van der Waals surface area (Å²) in [7, 11) is 0. The Morgan fingerprint density at radius 2 is 1.95 bits per heavy atom. The Kier molecular flexibility index (Phi) is 7.57. The Labute approximate surface area is 220 Å². The number of carbonyl (C=O) groups is 2. The van der Waals surface area contributed by atoms with Crippen LogP contribution in [-0.4, -0.2) is 81.4 Å². The largest absolute Gasteiger partial charge is 0.486 e. The van der Waals surface area contributed by atoms with Gasteiger partial charge in [-0.2, -0.15) is 0 Å². The number of amides is 2. The maximum atomic E-state index is 13.5. The molecule has 3 aromatic rings. The highest BCUT2D eigenvalue weighted by atomic mass is 16.6. The topological polar surface area (TPSA) is 124 Å². The molecule has 0 bridgehead atoms. The van der Waals surface area contributed by atoms with Gasteiger partial charge in [0.2, 0.25) is 5.91 Å². The van der Waals surface area contributed by atoms with Crippen LogP contribution in [0.15, 0.2) is 49.3 Å². The van der Waals surface area contributed by atoms with Crippen molar-refractivity contribution in [1.82, 2.24) is 29.7 Å². The molecule has 4 heterocycles. The predicted molar refractivity (Wildman–Crippen MR) is 137 cm³/mol. The van der Waals surface area contributed by atoms with Gasteiger partial charge >= 0.3 is 6.09 Å². The van der Waals surface area contributed by atoms with Crippen molar-refractivity contribution in [3.8, 4) is 17.3 Å². The van der Waals surface area contributed by atoms with E-state index in [1.807, 2.05) is 43.0 Å². The van der Waals surface area contributed by atoms with Crippen LogP contribution in [0.2, 0.25) is 0 Å². The molecule has 38 heavy (non-hydrogen) atoms. The van der Waals surface area contributed by atoms with Crippen LogP contribution in [0.3, 0.4) is 0 Å². The van der Waals surface area contributed by atoms with Crippen molar-refractivity contribution < 1.29 is 23.8 Å². The number of hydrogen-bond donors (Lipinski definition) is 1. The molecule has 2 aliphatic heterocycles. The molecule has 0 radical (unpaired) electrons. The number of nitrogens with one attached hydrogen (secondary N) is 1. The van der Waals surface area contributed by atoms with Gasteiger partial charge in [0.05, 0.1) is 0 Å². The Balaban J connectivity index is 1.32. The van der Waals surface area contributed by atoms with Gasteiger partial charge in [-0.3, -0.25) is 14.3 Å². The number of anilines is 1. The summed E-state index contributed by atoms with van der Waals surface area (Å²) in [4.78, 5) is 42.8. The minimum Gasteiger partial charge on any atom is -0.486 e. The molecule has 2 unspecified atom stereocenters. The summed E-state index contributed by atoms with van der Waals surface area (Å²) in [6.45, 7) is 6.11. The number of nitrogens with zero attached hydrogens (tertiary/aromatic N) is 6. The third-order valence-corrected chi connectivity index (χ3v) is 6.60. The van der Waals surface area contributed by atoms with Crippen molar-refractivity contribution in [1.29, 1.82) is 0 Å². The van der Waals surface area contributed by atoms with E-state index in [9.17, 15) is 9.59 Å². The molecule has 2 aliphatic rings. The molecule has 12 heteroatoms. The summed E-state index contributed by atoms with van der Waals surface area (Å²) in [5, 5.41) is 2.98. The third kappa shape index (κ3) is 5.63. The second kappa shape index (κ2) is 11.4. The third-order valence-electron chi connectivity index (χ3n) is 6.60. The number of piperazine rings is 1. The van der Waals surface area contributed by atoms with Crippen LogP contribution in [0.5, 0.6) is 11.5 Å². The van der Waals surface area contributed by atoms with E-state index in [2.05, 4.69) is 20.3 Å². The van der Waals surface area contributed by atoms with Gasteiger partial charge in [0.1, 0.15) is 49.6 Å². The van der Waals surface area contributed by atoms with Gasteiger partial charge in [0.15, 0.2) is 11.5 Å². The Morgan fingerprint density at radius 1 is 1.13 bits per heavy atom. The van der Waals surface area contributed by atoms with Gasteiger partial charge in [-0.15, -0.1) is 0 Å². The number of imidazole rings is 1. The van der Waals surface area contributed by atoms with Crippen molar-refractivity contribution in [2.45, 2.75) is 39.0 Å². The molecule has 1 aromatic carbocycles. The van der Waals surface area contributed by atoms with Crippen LogP contribution < -0.4 is 19.7 Å². The minimum absolute atomic E-state index is 0.249. The van der Waals surface area contributed by atoms with E-state index in [4.69, 9.17) is 14.2 Å². The van der Waals surface area contributed by atoms with Crippen molar-refractivity contribution in [3.05, 3.63) is 54.9 Å². The number of rotatable bonds is 7. The highest BCUT2D eigenvalue weighted by molar-refractivity contribution is 5.87. The average molecular weight is 522 g/mol. The molecular weight excluding hydrogens is 490 g/mol. The van der Waals surface area contributed by atoms with Gasteiger partial charge in [0.25, 0.3) is 0 Å². The number of carbonyl (C=O) groups excluding carboxylic acids is 2. The maximum absolute atomic E-state index is 13.5. The molecule has 2 atom stereocenters. The quantitative estimate of drug-likeness (QED) is 0.498. The van der Waals surface area contributed by atoms with Crippen LogP contribution in [0.25, 0.3) is 5.82 Å². The molecule has 200 valence electrons. The van der Waals surface area contributed by atoms with Crippen LogP contribution in [-0.2, 0) is 16.1 Å². The lowest BCUT2D eigenvalue weighted by molar-refractivity contribution is -0.126. The van der Waals surface area contributed by atoms with Crippen LogP contribution in [0, 0.1) is 0 Å². The van der Waals surface area contributed by atoms with E-state index in [0.29, 0.717) is 55.9 Å². The molecule has 2 amide bonds. The maximum Gasteiger partial charge on any atom is 0.410 e. The highest BCUT2D eigenvalue weighted by Gasteiger charge is 2.37. The zero-order valence-corrected chi connectivity index (χ0v) is 21.4. The zero-order chi connectivity index (χ0) is 26.5. The molecular formula is C26H31N7O5. The van der Waals surface area contributed by atoms with Gasteiger partial charge in [0, 0.05) is 44.6 Å². The van der Waals surface area contributed by atoms with Crippen LogP contribution in [0.1, 0.15) is 25.8 Å². The van der Waals surface area contributed by atoms with Crippen molar-refractivity contribution in [3.63, 3.8) is 0 Å². The second-order valence-corrected chi connectivity index (χ2v) is 9.16. The normalized spacial score (nSPS) is 17.6. The number of hydrogen-bond acceptors (Lipinski definition) is 9. The molecule has 0 spiro atoms. The van der Waals surface area contributed by atoms with E-state index in [0.717, 1.165) is 5.56 Å². The van der Waals surface area contributed by atoms with E-state index in [1.165, 1.54) is 11.2 Å². The molecule has 5 rings (SSSR count). The van der Waals surface area contributed by atoms with E-state index in [-0.39, 0.29) is 25.1 Å². The lowest BCUT2D eigenvalue weighted by Gasteiger charge is -2.40. The Hall–Kier alpha value is -4.35. The van der Waals surface area contributed by atoms with Crippen LogP contribution >= 0.6 is 0 Å².